The normalized spacial score (nSPS) is 10.9. The highest BCUT2D eigenvalue weighted by molar-refractivity contribution is 7.17. The number of carbonyl (C=O) groups excluding carboxylic acids is 1. The van der Waals surface area contributed by atoms with Gasteiger partial charge in [-0.25, -0.2) is 4.98 Å². The summed E-state index contributed by atoms with van der Waals surface area (Å²) in [5.74, 6) is -0.0102. The Morgan fingerprint density at radius 1 is 1.32 bits per heavy atom. The average Bonchev–Trinajstić information content (AvgIpc) is 2.79. The molecule has 98 valence electrons. The third-order valence-electron chi connectivity index (χ3n) is 2.47. The van der Waals surface area contributed by atoms with Crippen LogP contribution in [0.5, 0.6) is 0 Å². The highest BCUT2D eigenvalue weighted by Gasteiger charge is 2.14. The third kappa shape index (κ3) is 3.26. The van der Waals surface area contributed by atoms with E-state index in [9.17, 15) is 4.79 Å². The molecule has 0 fully saturated rings. The van der Waals surface area contributed by atoms with Crippen LogP contribution in [0.2, 0.25) is 0 Å². The summed E-state index contributed by atoms with van der Waals surface area (Å²) in [5, 5.41) is 0.849. The van der Waals surface area contributed by atoms with E-state index >= 15 is 0 Å². The molecule has 2 aromatic heterocycles. The van der Waals surface area contributed by atoms with Gasteiger partial charge in [-0.15, -0.1) is 11.3 Å². The van der Waals surface area contributed by atoms with Gasteiger partial charge in [0, 0.05) is 44.3 Å². The van der Waals surface area contributed by atoms with Crippen molar-refractivity contribution >= 4 is 17.1 Å². The molecule has 0 atom stereocenters. The molecule has 2 heterocycles. The van der Waals surface area contributed by atoms with E-state index in [1.165, 1.54) is 11.3 Å². The Morgan fingerprint density at radius 2 is 2.00 bits per heavy atom. The first kappa shape index (κ1) is 13.4. The standard InChI is InChI=1S/C14H15N3OS/c1-10-13(12(18)6-9-17(2)3)19-14(16-10)11-4-7-15-8-5-11/h4-9H,1-3H3. The summed E-state index contributed by atoms with van der Waals surface area (Å²) in [6.45, 7) is 1.86. The number of pyridine rings is 1. The van der Waals surface area contributed by atoms with Gasteiger partial charge in [0.05, 0.1) is 10.6 Å². The van der Waals surface area contributed by atoms with Gasteiger partial charge in [0.25, 0.3) is 0 Å². The van der Waals surface area contributed by atoms with Crippen LogP contribution in [0.1, 0.15) is 15.4 Å². The van der Waals surface area contributed by atoms with Gasteiger partial charge in [-0.3, -0.25) is 9.78 Å². The lowest BCUT2D eigenvalue weighted by atomic mass is 10.2. The Labute approximate surface area is 116 Å². The fourth-order valence-electron chi connectivity index (χ4n) is 1.54. The van der Waals surface area contributed by atoms with Crippen molar-refractivity contribution in [3.63, 3.8) is 0 Å². The molecule has 0 unspecified atom stereocenters. The SMILES string of the molecule is Cc1nc(-c2ccncc2)sc1C(=O)C=CN(C)C. The molecule has 0 radical (unpaired) electrons. The number of carbonyl (C=O) groups is 1. The van der Waals surface area contributed by atoms with Crippen molar-refractivity contribution in [3.05, 3.63) is 47.4 Å². The predicted molar refractivity (Wildman–Crippen MR) is 77.2 cm³/mol. The summed E-state index contributed by atoms with van der Waals surface area (Å²) in [5.41, 5.74) is 1.75. The van der Waals surface area contributed by atoms with Gasteiger partial charge in [0.1, 0.15) is 5.01 Å². The van der Waals surface area contributed by atoms with Crippen molar-refractivity contribution in [1.82, 2.24) is 14.9 Å². The number of hydrogen-bond acceptors (Lipinski definition) is 5. The molecule has 0 aliphatic carbocycles. The summed E-state index contributed by atoms with van der Waals surface area (Å²) in [7, 11) is 3.76. The number of ketones is 1. The Bertz CT molecular complexity index is 602. The van der Waals surface area contributed by atoms with Crippen LogP contribution in [0.25, 0.3) is 10.6 Å². The van der Waals surface area contributed by atoms with Crippen molar-refractivity contribution in [2.75, 3.05) is 14.1 Å². The van der Waals surface area contributed by atoms with Gasteiger partial charge in [-0.1, -0.05) is 0 Å². The zero-order valence-electron chi connectivity index (χ0n) is 11.1. The van der Waals surface area contributed by atoms with Gasteiger partial charge in [0.15, 0.2) is 5.78 Å². The molecule has 0 aromatic carbocycles. The second-order valence-corrected chi connectivity index (χ2v) is 5.31. The first-order valence-corrected chi connectivity index (χ1v) is 6.66. The van der Waals surface area contributed by atoms with E-state index < -0.39 is 0 Å². The first-order valence-electron chi connectivity index (χ1n) is 5.84. The number of rotatable bonds is 4. The monoisotopic (exact) mass is 273 g/mol. The minimum Gasteiger partial charge on any atom is -0.383 e. The van der Waals surface area contributed by atoms with E-state index in [1.807, 2.05) is 38.1 Å². The van der Waals surface area contributed by atoms with Crippen LogP contribution in [0.15, 0.2) is 36.8 Å². The quantitative estimate of drug-likeness (QED) is 0.635. The van der Waals surface area contributed by atoms with E-state index in [0.717, 1.165) is 16.3 Å². The molecule has 0 bridgehead atoms. The first-order chi connectivity index (χ1) is 9.08. The zero-order chi connectivity index (χ0) is 13.8. The summed E-state index contributed by atoms with van der Waals surface area (Å²) >= 11 is 1.41. The predicted octanol–water partition coefficient (Wildman–Crippen LogP) is 2.77. The highest BCUT2D eigenvalue weighted by Crippen LogP contribution is 2.27. The summed E-state index contributed by atoms with van der Waals surface area (Å²) in [6, 6.07) is 3.78. The van der Waals surface area contributed by atoms with Crippen molar-refractivity contribution in [2.45, 2.75) is 6.92 Å². The van der Waals surface area contributed by atoms with Gasteiger partial charge >= 0.3 is 0 Å². The topological polar surface area (TPSA) is 46.1 Å². The van der Waals surface area contributed by atoms with Crippen LogP contribution in [-0.2, 0) is 0 Å². The zero-order valence-corrected chi connectivity index (χ0v) is 11.9. The van der Waals surface area contributed by atoms with Crippen molar-refractivity contribution in [2.24, 2.45) is 0 Å². The van der Waals surface area contributed by atoms with E-state index in [1.54, 1.807) is 24.7 Å². The maximum absolute atomic E-state index is 12.1. The number of aromatic nitrogens is 2. The molecule has 0 aliphatic heterocycles. The Kier molecular flexibility index (Phi) is 4.06. The second-order valence-electron chi connectivity index (χ2n) is 4.31. The minimum atomic E-state index is -0.0102. The Hall–Kier alpha value is -2.01. The largest absolute Gasteiger partial charge is 0.383 e. The van der Waals surface area contributed by atoms with Crippen LogP contribution in [0.3, 0.4) is 0 Å². The average molecular weight is 273 g/mol. The molecule has 4 nitrogen and oxygen atoms in total. The van der Waals surface area contributed by atoms with Crippen LogP contribution in [0.4, 0.5) is 0 Å². The highest BCUT2D eigenvalue weighted by atomic mass is 32.1. The number of allylic oxidation sites excluding steroid dienone is 1. The molecule has 19 heavy (non-hydrogen) atoms. The maximum atomic E-state index is 12.1. The maximum Gasteiger partial charge on any atom is 0.199 e. The molecule has 0 saturated carbocycles. The van der Waals surface area contributed by atoms with Crippen molar-refractivity contribution in [1.29, 1.82) is 0 Å². The molecule has 0 spiro atoms. The van der Waals surface area contributed by atoms with Crippen LogP contribution in [-0.4, -0.2) is 34.7 Å². The van der Waals surface area contributed by atoms with Gasteiger partial charge in [-0.2, -0.15) is 0 Å². The molecular weight excluding hydrogens is 258 g/mol. The van der Waals surface area contributed by atoms with E-state index in [-0.39, 0.29) is 5.78 Å². The summed E-state index contributed by atoms with van der Waals surface area (Å²) < 4.78 is 0. The van der Waals surface area contributed by atoms with Crippen LogP contribution >= 0.6 is 11.3 Å². The fourth-order valence-corrected chi connectivity index (χ4v) is 2.53. The molecule has 0 N–H and O–H groups in total. The third-order valence-corrected chi connectivity index (χ3v) is 3.69. The van der Waals surface area contributed by atoms with Crippen LogP contribution in [0, 0.1) is 6.92 Å². The molecule has 2 rings (SSSR count). The van der Waals surface area contributed by atoms with Gasteiger partial charge < -0.3 is 4.90 Å². The molecule has 0 aliphatic rings. The summed E-state index contributed by atoms with van der Waals surface area (Å²) in [4.78, 5) is 23.0. The van der Waals surface area contributed by atoms with E-state index in [4.69, 9.17) is 0 Å². The lowest BCUT2D eigenvalue weighted by Crippen LogP contribution is -2.02. The summed E-state index contributed by atoms with van der Waals surface area (Å²) in [6.07, 6.45) is 6.75. The molecule has 0 amide bonds. The second kappa shape index (κ2) is 5.75. The smallest absolute Gasteiger partial charge is 0.199 e. The lowest BCUT2D eigenvalue weighted by Gasteiger charge is -2.01. The molecule has 2 aromatic rings. The Balaban J connectivity index is 2.29. The van der Waals surface area contributed by atoms with Crippen LogP contribution < -0.4 is 0 Å². The van der Waals surface area contributed by atoms with E-state index in [2.05, 4.69) is 9.97 Å². The lowest BCUT2D eigenvalue weighted by molar-refractivity contribution is 0.104. The van der Waals surface area contributed by atoms with Crippen molar-refractivity contribution < 1.29 is 4.79 Å². The fraction of sp³-hybridized carbons (Fsp3) is 0.214. The van der Waals surface area contributed by atoms with Crippen molar-refractivity contribution in [3.8, 4) is 10.6 Å². The van der Waals surface area contributed by atoms with Gasteiger partial charge in [0.2, 0.25) is 0 Å². The number of thiazole rings is 1. The molecule has 0 saturated heterocycles. The molecular formula is C14H15N3OS. The Morgan fingerprint density at radius 3 is 2.63 bits per heavy atom. The number of hydrogen-bond donors (Lipinski definition) is 0. The number of nitrogens with zero attached hydrogens (tertiary/aromatic N) is 3. The van der Waals surface area contributed by atoms with E-state index in [0.29, 0.717) is 4.88 Å². The van der Waals surface area contributed by atoms with Gasteiger partial charge in [-0.05, 0) is 19.1 Å². The molecule has 5 heteroatoms. The number of aryl methyl sites for hydroxylation is 1. The minimum absolute atomic E-state index is 0.0102.